The molecular weight excluding hydrogens is 173 g/mol. The van der Waals surface area contributed by atoms with E-state index in [9.17, 15) is 14.3 Å². The van der Waals surface area contributed by atoms with Crippen molar-refractivity contribution < 1.29 is 14.3 Å². The maximum absolute atomic E-state index is 12.9. The van der Waals surface area contributed by atoms with Crippen molar-refractivity contribution >= 4 is 5.91 Å². The highest BCUT2D eigenvalue weighted by molar-refractivity contribution is 5.90. The number of carbonyl (C=O) groups excluding carboxylic acids is 1. The summed E-state index contributed by atoms with van der Waals surface area (Å²) < 4.78 is 12.9. The van der Waals surface area contributed by atoms with Crippen molar-refractivity contribution in [1.82, 2.24) is 5.32 Å². The van der Waals surface area contributed by atoms with Crippen LogP contribution in [0.15, 0.2) is 23.7 Å². The molecule has 1 heterocycles. The van der Waals surface area contributed by atoms with Crippen LogP contribution in [-0.2, 0) is 4.79 Å². The molecule has 0 aromatic rings. The predicted octanol–water partition coefficient (Wildman–Crippen LogP) is 0.624. The first-order valence-corrected chi connectivity index (χ1v) is 4.12. The fraction of sp³-hybridized carbons (Fsp3) is 0.444. The molecule has 2 N–H and O–H groups in total. The molecule has 2 atom stereocenters. The largest absolute Gasteiger partial charge is 0.380 e. The fourth-order valence-electron chi connectivity index (χ4n) is 1.72. The second-order valence-corrected chi connectivity index (χ2v) is 3.59. The topological polar surface area (TPSA) is 49.3 Å². The van der Waals surface area contributed by atoms with Crippen LogP contribution in [0.2, 0.25) is 0 Å². The van der Waals surface area contributed by atoms with E-state index in [1.54, 1.807) is 0 Å². The maximum atomic E-state index is 12.9. The molecule has 0 bridgehead atoms. The van der Waals surface area contributed by atoms with Crippen molar-refractivity contribution in [2.45, 2.75) is 18.9 Å². The van der Waals surface area contributed by atoms with Gasteiger partial charge in [-0.15, -0.1) is 0 Å². The molecule has 2 rings (SSSR count). The van der Waals surface area contributed by atoms with Crippen LogP contribution in [0.25, 0.3) is 0 Å². The summed E-state index contributed by atoms with van der Waals surface area (Å²) >= 11 is 0. The molecule has 70 valence electrons. The van der Waals surface area contributed by atoms with E-state index < -0.39 is 17.4 Å². The van der Waals surface area contributed by atoms with Crippen LogP contribution >= 0.6 is 0 Å². The maximum Gasteiger partial charge on any atom is 0.256 e. The van der Waals surface area contributed by atoms with Gasteiger partial charge in [0, 0.05) is 18.0 Å². The van der Waals surface area contributed by atoms with E-state index in [0.29, 0.717) is 5.70 Å². The molecule has 3 nitrogen and oxygen atoms in total. The van der Waals surface area contributed by atoms with E-state index in [-0.39, 0.29) is 12.2 Å². The first-order valence-electron chi connectivity index (χ1n) is 4.12. The predicted molar refractivity (Wildman–Crippen MR) is 44.1 cm³/mol. The van der Waals surface area contributed by atoms with Gasteiger partial charge in [-0.25, -0.2) is 4.39 Å². The number of amides is 1. The number of carbonyl (C=O) groups is 1. The van der Waals surface area contributed by atoms with Gasteiger partial charge >= 0.3 is 0 Å². The van der Waals surface area contributed by atoms with Crippen LogP contribution in [0.3, 0.4) is 0 Å². The number of aliphatic hydroxyl groups is 1. The zero-order chi connectivity index (χ0) is 9.64. The zero-order valence-electron chi connectivity index (χ0n) is 7.17. The summed E-state index contributed by atoms with van der Waals surface area (Å²) in [5, 5.41) is 12.3. The summed E-state index contributed by atoms with van der Waals surface area (Å²) in [6, 6.07) is 0. The Morgan fingerprint density at radius 3 is 3.08 bits per heavy atom. The number of fused-ring (bicyclic) bond motifs is 1. The van der Waals surface area contributed by atoms with E-state index in [0.717, 1.165) is 0 Å². The average molecular weight is 183 g/mol. The van der Waals surface area contributed by atoms with Crippen LogP contribution in [0.1, 0.15) is 13.3 Å². The van der Waals surface area contributed by atoms with Crippen LogP contribution in [0.4, 0.5) is 4.39 Å². The van der Waals surface area contributed by atoms with Crippen molar-refractivity contribution in [3.63, 3.8) is 0 Å². The lowest BCUT2D eigenvalue weighted by atomic mass is 9.85. The molecule has 2 unspecified atom stereocenters. The number of nitrogens with one attached hydrogen (secondary N) is 1. The van der Waals surface area contributed by atoms with E-state index in [1.807, 2.05) is 0 Å². The Labute approximate surface area is 74.9 Å². The van der Waals surface area contributed by atoms with Gasteiger partial charge in [0.05, 0.1) is 0 Å². The second kappa shape index (κ2) is 2.42. The quantitative estimate of drug-likeness (QED) is 0.578. The highest BCUT2D eigenvalue weighted by Crippen LogP contribution is 2.37. The van der Waals surface area contributed by atoms with Gasteiger partial charge in [0.2, 0.25) is 0 Å². The van der Waals surface area contributed by atoms with Gasteiger partial charge in [-0.2, -0.15) is 0 Å². The Hall–Kier alpha value is -1.16. The molecule has 2 aliphatic rings. The van der Waals surface area contributed by atoms with Gasteiger partial charge in [0.1, 0.15) is 11.4 Å². The lowest BCUT2D eigenvalue weighted by Gasteiger charge is -2.23. The molecule has 13 heavy (non-hydrogen) atoms. The highest BCUT2D eigenvalue weighted by atomic mass is 19.1. The smallest absolute Gasteiger partial charge is 0.256 e. The van der Waals surface area contributed by atoms with Gasteiger partial charge in [-0.1, -0.05) is 0 Å². The summed E-state index contributed by atoms with van der Waals surface area (Å²) in [6.45, 7) is 1.41. The Bertz CT molecular complexity index is 331. The average Bonchev–Trinajstić information content (AvgIpc) is 2.27. The van der Waals surface area contributed by atoms with Gasteiger partial charge in [0.25, 0.3) is 5.91 Å². The zero-order valence-corrected chi connectivity index (χ0v) is 7.17. The van der Waals surface area contributed by atoms with Gasteiger partial charge in [0.15, 0.2) is 0 Å². The standard InChI is InChI=1S/C9H10FNO2/c1-9(13)6-4-5(10)2-3-7(6)11-8(9)12/h2-3,6,13H,4H2,1H3,(H,11,12). The third-order valence-corrected chi connectivity index (χ3v) is 2.61. The molecule has 0 saturated carbocycles. The van der Waals surface area contributed by atoms with Crippen molar-refractivity contribution in [3.05, 3.63) is 23.7 Å². The van der Waals surface area contributed by atoms with Crippen molar-refractivity contribution in [1.29, 1.82) is 0 Å². The molecule has 0 aromatic heterocycles. The third kappa shape index (κ3) is 1.09. The van der Waals surface area contributed by atoms with E-state index in [4.69, 9.17) is 0 Å². The number of allylic oxidation sites excluding steroid dienone is 3. The number of hydrogen-bond acceptors (Lipinski definition) is 2. The molecule has 4 heteroatoms. The van der Waals surface area contributed by atoms with Gasteiger partial charge in [-0.3, -0.25) is 4.79 Å². The number of hydrogen-bond donors (Lipinski definition) is 2. The minimum Gasteiger partial charge on any atom is -0.380 e. The molecule has 1 saturated heterocycles. The molecular formula is C9H10FNO2. The summed E-state index contributed by atoms with van der Waals surface area (Å²) in [5.41, 5.74) is -0.867. The summed E-state index contributed by atoms with van der Waals surface area (Å²) in [5.74, 6) is -1.21. The van der Waals surface area contributed by atoms with Crippen LogP contribution in [-0.4, -0.2) is 16.6 Å². The van der Waals surface area contributed by atoms with Crippen LogP contribution < -0.4 is 5.32 Å². The first-order chi connectivity index (χ1) is 6.01. The molecule has 1 aliphatic heterocycles. The summed E-state index contributed by atoms with van der Waals surface area (Å²) in [6.07, 6.45) is 2.91. The number of rotatable bonds is 0. The van der Waals surface area contributed by atoms with Gasteiger partial charge in [-0.05, 0) is 19.1 Å². The highest BCUT2D eigenvalue weighted by Gasteiger charge is 2.48. The first kappa shape index (κ1) is 8.44. The van der Waals surface area contributed by atoms with Gasteiger partial charge < -0.3 is 10.4 Å². The van der Waals surface area contributed by atoms with Crippen LogP contribution in [0.5, 0.6) is 0 Å². The lowest BCUT2D eigenvalue weighted by Crippen LogP contribution is -2.39. The third-order valence-electron chi connectivity index (χ3n) is 2.61. The molecule has 0 radical (unpaired) electrons. The lowest BCUT2D eigenvalue weighted by molar-refractivity contribution is -0.136. The fourth-order valence-corrected chi connectivity index (χ4v) is 1.72. The van der Waals surface area contributed by atoms with E-state index in [1.165, 1.54) is 19.1 Å². The van der Waals surface area contributed by atoms with E-state index >= 15 is 0 Å². The second-order valence-electron chi connectivity index (χ2n) is 3.59. The Morgan fingerprint density at radius 2 is 2.38 bits per heavy atom. The Kier molecular flexibility index (Phi) is 1.57. The molecule has 1 fully saturated rings. The molecule has 1 aliphatic carbocycles. The number of halogens is 1. The molecule has 0 spiro atoms. The Balaban J connectivity index is 2.38. The van der Waals surface area contributed by atoms with Crippen molar-refractivity contribution in [2.75, 3.05) is 0 Å². The minimum absolute atomic E-state index is 0.0948. The summed E-state index contributed by atoms with van der Waals surface area (Å²) in [7, 11) is 0. The van der Waals surface area contributed by atoms with Crippen LogP contribution in [0, 0.1) is 5.92 Å². The molecule has 1 amide bonds. The van der Waals surface area contributed by atoms with Crippen molar-refractivity contribution in [2.24, 2.45) is 5.92 Å². The SMILES string of the molecule is CC1(O)C(=O)NC2=CC=C(F)CC21. The van der Waals surface area contributed by atoms with E-state index in [2.05, 4.69) is 5.32 Å². The monoisotopic (exact) mass is 183 g/mol. The van der Waals surface area contributed by atoms with Crippen molar-refractivity contribution in [3.8, 4) is 0 Å². The normalized spacial score (nSPS) is 37.8. The minimum atomic E-state index is -1.47. The molecule has 0 aromatic carbocycles. The Morgan fingerprint density at radius 1 is 1.69 bits per heavy atom. The summed E-state index contributed by atoms with van der Waals surface area (Å²) in [4.78, 5) is 11.2.